The van der Waals surface area contributed by atoms with Gasteiger partial charge in [-0.1, -0.05) is 6.58 Å². The molecule has 13 heavy (non-hydrogen) atoms. The van der Waals surface area contributed by atoms with Crippen LogP contribution < -0.4 is 22.1 Å². The zero-order chi connectivity index (χ0) is 10.3. The summed E-state index contributed by atoms with van der Waals surface area (Å²) in [6.07, 6.45) is 0.685. The fourth-order valence-electron chi connectivity index (χ4n) is 0.627. The lowest BCUT2D eigenvalue weighted by Gasteiger charge is -2.18. The van der Waals surface area contributed by atoms with Crippen molar-refractivity contribution >= 4 is 23.4 Å². The van der Waals surface area contributed by atoms with Gasteiger partial charge in [0.1, 0.15) is 12.8 Å². The highest BCUT2D eigenvalue weighted by Crippen LogP contribution is 1.82. The molecule has 0 aromatic carbocycles. The van der Waals surface area contributed by atoms with Crippen LogP contribution in [0.5, 0.6) is 0 Å². The molecule has 0 heterocycles. The Hall–Kier alpha value is -1.50. The Morgan fingerprint density at radius 2 is 2.23 bits per heavy atom. The number of hydrogen-bond donors (Lipinski definition) is 4. The summed E-state index contributed by atoms with van der Waals surface area (Å²) in [6, 6.07) is -0.693. The predicted molar refractivity (Wildman–Crippen MR) is 52.6 cm³/mol. The van der Waals surface area contributed by atoms with Crippen LogP contribution >= 0.6 is 12.2 Å². The molecule has 6 nitrogen and oxygen atoms in total. The number of amides is 2. The van der Waals surface area contributed by atoms with Crippen LogP contribution in [0.15, 0.2) is 12.8 Å². The summed E-state index contributed by atoms with van der Waals surface area (Å²) in [6.45, 7) is 3.48. The van der Waals surface area contributed by atoms with Crippen molar-refractivity contribution in [3.8, 4) is 0 Å². The Bertz CT molecular complexity index is 193. The van der Waals surface area contributed by atoms with E-state index in [2.05, 4.69) is 29.4 Å². The highest BCUT2D eigenvalue weighted by molar-refractivity contribution is 7.80. The maximum absolute atomic E-state index is 10.5. The number of carbonyl (C=O) groups is 1. The first-order chi connectivity index (χ1) is 6.06. The number of urea groups is 1. The molecule has 74 valence electrons. The van der Waals surface area contributed by atoms with Gasteiger partial charge in [0, 0.05) is 0 Å². The first kappa shape index (κ1) is 11.5. The molecule has 0 aliphatic heterocycles. The summed E-state index contributed by atoms with van der Waals surface area (Å²) < 4.78 is 4.81. The largest absolute Gasteiger partial charge is 0.498 e. The molecule has 0 saturated carbocycles. The van der Waals surface area contributed by atoms with E-state index in [1.165, 1.54) is 6.26 Å². The number of ether oxygens (including phenoxy) is 1. The van der Waals surface area contributed by atoms with Crippen molar-refractivity contribution in [1.29, 1.82) is 0 Å². The third kappa shape index (κ3) is 6.88. The van der Waals surface area contributed by atoms with E-state index < -0.39 is 12.2 Å². The van der Waals surface area contributed by atoms with Crippen LogP contribution in [0.4, 0.5) is 4.79 Å². The minimum absolute atomic E-state index is 0.0476. The Kier molecular flexibility index (Phi) is 5.37. The summed E-state index contributed by atoms with van der Waals surface area (Å²) in [4.78, 5) is 10.5. The van der Waals surface area contributed by atoms with Crippen molar-refractivity contribution in [2.24, 2.45) is 11.5 Å². The normalized spacial score (nSPS) is 11.1. The maximum atomic E-state index is 10.5. The summed E-state index contributed by atoms with van der Waals surface area (Å²) in [5.41, 5.74) is 10.1. The molecule has 0 spiro atoms. The zero-order valence-corrected chi connectivity index (χ0v) is 7.76. The number of hydrogen-bond acceptors (Lipinski definition) is 3. The van der Waals surface area contributed by atoms with Crippen LogP contribution in [0, 0.1) is 0 Å². The second-order valence-electron chi connectivity index (χ2n) is 2.07. The molecule has 0 rings (SSSR count). The van der Waals surface area contributed by atoms with Crippen LogP contribution in [-0.2, 0) is 4.74 Å². The maximum Gasteiger partial charge on any atom is 0.313 e. The third-order valence-corrected chi connectivity index (χ3v) is 1.13. The van der Waals surface area contributed by atoms with Crippen molar-refractivity contribution in [2.45, 2.75) is 6.17 Å². The second kappa shape index (κ2) is 6.06. The number of nitrogens with two attached hydrogens (primary N) is 2. The lowest BCUT2D eigenvalue weighted by atomic mass is 10.5. The van der Waals surface area contributed by atoms with Crippen molar-refractivity contribution < 1.29 is 9.53 Å². The van der Waals surface area contributed by atoms with Gasteiger partial charge in [0.15, 0.2) is 5.11 Å². The van der Waals surface area contributed by atoms with Gasteiger partial charge < -0.3 is 26.8 Å². The Balaban J connectivity index is 3.93. The monoisotopic (exact) mass is 204 g/mol. The molecule has 0 fully saturated rings. The van der Waals surface area contributed by atoms with Crippen molar-refractivity contribution in [3.63, 3.8) is 0 Å². The van der Waals surface area contributed by atoms with E-state index in [-0.39, 0.29) is 11.7 Å². The lowest BCUT2D eigenvalue weighted by molar-refractivity contribution is 0.198. The molecule has 0 radical (unpaired) electrons. The standard InChI is InChI=1S/C6H12N4O2S/c1-2-12-3-4(9-5(7)11)10-6(8)13/h2,4H,1,3H2,(H3,7,9,11)(H3,8,10,13). The van der Waals surface area contributed by atoms with Gasteiger partial charge in [0.2, 0.25) is 0 Å². The second-order valence-corrected chi connectivity index (χ2v) is 2.51. The molecule has 1 unspecified atom stereocenters. The number of rotatable bonds is 5. The summed E-state index contributed by atoms with van der Waals surface area (Å²) in [7, 11) is 0. The van der Waals surface area contributed by atoms with Gasteiger partial charge in [0.25, 0.3) is 0 Å². The molecular formula is C6H12N4O2S. The molecule has 0 bridgehead atoms. The summed E-state index contributed by atoms with van der Waals surface area (Å²) in [5.74, 6) is 0. The van der Waals surface area contributed by atoms with Crippen LogP contribution in [0.25, 0.3) is 0 Å². The third-order valence-electron chi connectivity index (χ3n) is 1.01. The van der Waals surface area contributed by atoms with Crippen molar-refractivity contribution in [3.05, 3.63) is 12.8 Å². The molecule has 0 aromatic rings. The minimum atomic E-state index is -0.693. The van der Waals surface area contributed by atoms with Crippen LogP contribution in [-0.4, -0.2) is 23.9 Å². The summed E-state index contributed by atoms with van der Waals surface area (Å²) in [5, 5.41) is 4.95. The first-order valence-electron chi connectivity index (χ1n) is 3.40. The smallest absolute Gasteiger partial charge is 0.313 e. The molecule has 0 aromatic heterocycles. The molecule has 2 amide bonds. The highest BCUT2D eigenvalue weighted by Gasteiger charge is 2.09. The molecule has 6 N–H and O–H groups in total. The number of carbonyl (C=O) groups excluding carboxylic acids is 1. The van der Waals surface area contributed by atoms with E-state index in [0.717, 1.165) is 0 Å². The quantitative estimate of drug-likeness (QED) is 0.261. The van der Waals surface area contributed by atoms with Gasteiger partial charge in [0.05, 0.1) is 6.26 Å². The molecule has 0 saturated heterocycles. The average molecular weight is 204 g/mol. The van der Waals surface area contributed by atoms with E-state index in [1.807, 2.05) is 0 Å². The Morgan fingerprint density at radius 3 is 2.62 bits per heavy atom. The summed E-state index contributed by atoms with van der Waals surface area (Å²) >= 11 is 4.57. The Labute approximate surface area is 81.3 Å². The van der Waals surface area contributed by atoms with Crippen LogP contribution in [0.3, 0.4) is 0 Å². The van der Waals surface area contributed by atoms with Gasteiger partial charge in [-0.15, -0.1) is 0 Å². The van der Waals surface area contributed by atoms with E-state index >= 15 is 0 Å². The van der Waals surface area contributed by atoms with Crippen molar-refractivity contribution in [1.82, 2.24) is 10.6 Å². The van der Waals surface area contributed by atoms with Gasteiger partial charge in [-0.3, -0.25) is 0 Å². The van der Waals surface area contributed by atoms with Gasteiger partial charge in [-0.05, 0) is 12.2 Å². The molecule has 0 aliphatic rings. The molecule has 7 heteroatoms. The fourth-order valence-corrected chi connectivity index (χ4v) is 0.769. The van der Waals surface area contributed by atoms with Gasteiger partial charge in [-0.2, -0.15) is 0 Å². The van der Waals surface area contributed by atoms with Gasteiger partial charge >= 0.3 is 6.03 Å². The number of primary amides is 1. The average Bonchev–Trinajstić information content (AvgIpc) is 1.98. The van der Waals surface area contributed by atoms with E-state index in [4.69, 9.17) is 16.2 Å². The van der Waals surface area contributed by atoms with E-state index in [1.54, 1.807) is 0 Å². The first-order valence-corrected chi connectivity index (χ1v) is 3.81. The van der Waals surface area contributed by atoms with E-state index in [0.29, 0.717) is 0 Å². The lowest BCUT2D eigenvalue weighted by Crippen LogP contribution is -2.53. The Morgan fingerprint density at radius 1 is 1.62 bits per heavy atom. The topological polar surface area (TPSA) is 102 Å². The molecular weight excluding hydrogens is 192 g/mol. The van der Waals surface area contributed by atoms with Crippen LogP contribution in [0.2, 0.25) is 0 Å². The zero-order valence-electron chi connectivity index (χ0n) is 6.95. The minimum Gasteiger partial charge on any atom is -0.498 e. The molecule has 0 aliphatic carbocycles. The fraction of sp³-hybridized carbons (Fsp3) is 0.333. The SMILES string of the molecule is C=COCC(NC(N)=O)NC(N)=S. The van der Waals surface area contributed by atoms with Gasteiger partial charge in [-0.25, -0.2) is 4.79 Å². The molecule has 1 atom stereocenters. The van der Waals surface area contributed by atoms with Crippen LogP contribution in [0.1, 0.15) is 0 Å². The van der Waals surface area contributed by atoms with Crippen molar-refractivity contribution in [2.75, 3.05) is 6.61 Å². The number of thiocarbonyl (C=S) groups is 1. The van der Waals surface area contributed by atoms with E-state index in [9.17, 15) is 4.79 Å². The number of nitrogens with one attached hydrogen (secondary N) is 2. The predicted octanol–water partition coefficient (Wildman–Crippen LogP) is -1.03. The highest BCUT2D eigenvalue weighted by atomic mass is 32.1.